The molecule has 2 heteroatoms. The molecule has 0 saturated heterocycles. The van der Waals surface area contributed by atoms with Crippen molar-refractivity contribution in [2.75, 3.05) is 0 Å². The molecule has 1 aliphatic carbocycles. The molecule has 72 valence electrons. The first-order chi connectivity index (χ1) is 5.83. The third kappa shape index (κ3) is 2.04. The molecule has 0 amide bonds. The molecule has 0 spiro atoms. The maximum atomic E-state index is 5.64. The molecular formula is C11H16ClN. The highest BCUT2D eigenvalue weighted by atomic mass is 35.5. The van der Waals surface area contributed by atoms with E-state index in [1.165, 1.54) is 29.5 Å². The van der Waals surface area contributed by atoms with Crippen LogP contribution in [-0.2, 0) is 6.54 Å². The van der Waals surface area contributed by atoms with Gasteiger partial charge in [-0.05, 0) is 42.4 Å². The van der Waals surface area contributed by atoms with Crippen LogP contribution in [0.25, 0.3) is 0 Å². The Hall–Kier alpha value is -0.530. The van der Waals surface area contributed by atoms with Crippen LogP contribution in [0.15, 0.2) is 18.2 Å². The van der Waals surface area contributed by atoms with Crippen molar-refractivity contribution < 1.29 is 0 Å². The van der Waals surface area contributed by atoms with Crippen molar-refractivity contribution in [1.29, 1.82) is 0 Å². The topological polar surface area (TPSA) is 26.0 Å². The van der Waals surface area contributed by atoms with Crippen LogP contribution in [0.2, 0.25) is 0 Å². The van der Waals surface area contributed by atoms with Gasteiger partial charge in [0.15, 0.2) is 0 Å². The molecule has 0 radical (unpaired) electrons. The average Bonchev–Trinajstić information content (AvgIpc) is 2.88. The highest BCUT2D eigenvalue weighted by Crippen LogP contribution is 2.41. The molecule has 13 heavy (non-hydrogen) atoms. The van der Waals surface area contributed by atoms with Crippen LogP contribution in [0, 0.1) is 6.92 Å². The van der Waals surface area contributed by atoms with E-state index in [9.17, 15) is 0 Å². The maximum absolute atomic E-state index is 5.64. The van der Waals surface area contributed by atoms with Crippen LogP contribution in [0.4, 0.5) is 0 Å². The molecule has 0 bridgehead atoms. The van der Waals surface area contributed by atoms with Crippen LogP contribution in [-0.4, -0.2) is 0 Å². The van der Waals surface area contributed by atoms with E-state index in [-0.39, 0.29) is 12.4 Å². The van der Waals surface area contributed by atoms with E-state index in [1.54, 1.807) is 0 Å². The second kappa shape index (κ2) is 4.12. The summed E-state index contributed by atoms with van der Waals surface area (Å²) in [5.74, 6) is 0.844. The largest absolute Gasteiger partial charge is 0.326 e. The summed E-state index contributed by atoms with van der Waals surface area (Å²) in [5, 5.41) is 0. The fourth-order valence-electron chi connectivity index (χ4n) is 1.76. The summed E-state index contributed by atoms with van der Waals surface area (Å²) in [4.78, 5) is 0. The molecule has 1 aliphatic rings. The minimum absolute atomic E-state index is 0. The van der Waals surface area contributed by atoms with E-state index in [2.05, 4.69) is 25.1 Å². The van der Waals surface area contributed by atoms with E-state index < -0.39 is 0 Å². The van der Waals surface area contributed by atoms with Gasteiger partial charge in [-0.15, -0.1) is 12.4 Å². The zero-order chi connectivity index (χ0) is 8.55. The number of halogens is 1. The summed E-state index contributed by atoms with van der Waals surface area (Å²) in [6.07, 6.45) is 2.74. The summed E-state index contributed by atoms with van der Waals surface area (Å²) in [7, 11) is 0. The Morgan fingerprint density at radius 3 is 2.62 bits per heavy atom. The molecule has 1 nitrogen and oxygen atoms in total. The first-order valence-electron chi connectivity index (χ1n) is 4.61. The van der Waals surface area contributed by atoms with E-state index >= 15 is 0 Å². The van der Waals surface area contributed by atoms with Crippen molar-refractivity contribution in [3.05, 3.63) is 34.9 Å². The van der Waals surface area contributed by atoms with Gasteiger partial charge in [-0.2, -0.15) is 0 Å². The summed E-state index contributed by atoms with van der Waals surface area (Å²) in [6.45, 7) is 2.86. The Balaban J connectivity index is 0.000000845. The summed E-state index contributed by atoms with van der Waals surface area (Å²) in [6, 6.07) is 6.50. The maximum Gasteiger partial charge on any atom is 0.0180 e. The van der Waals surface area contributed by atoms with Gasteiger partial charge in [0, 0.05) is 6.54 Å². The minimum Gasteiger partial charge on any atom is -0.326 e. The summed E-state index contributed by atoms with van der Waals surface area (Å²) < 4.78 is 0. The first kappa shape index (κ1) is 10.6. The SMILES string of the molecule is Cc1c(CN)cccc1C1CC1.Cl. The van der Waals surface area contributed by atoms with Gasteiger partial charge in [0.2, 0.25) is 0 Å². The Kier molecular flexibility index (Phi) is 3.34. The normalized spacial score (nSPS) is 15.2. The number of nitrogens with two attached hydrogens (primary N) is 1. The van der Waals surface area contributed by atoms with Crippen molar-refractivity contribution in [2.24, 2.45) is 5.73 Å². The lowest BCUT2D eigenvalue weighted by Crippen LogP contribution is -2.00. The molecule has 0 atom stereocenters. The molecule has 0 aliphatic heterocycles. The molecule has 1 fully saturated rings. The molecule has 1 saturated carbocycles. The number of hydrogen-bond acceptors (Lipinski definition) is 1. The first-order valence-corrected chi connectivity index (χ1v) is 4.61. The van der Waals surface area contributed by atoms with Crippen LogP contribution in [0.3, 0.4) is 0 Å². The fraction of sp³-hybridized carbons (Fsp3) is 0.455. The van der Waals surface area contributed by atoms with Crippen LogP contribution in [0.5, 0.6) is 0 Å². The van der Waals surface area contributed by atoms with Crippen LogP contribution in [0.1, 0.15) is 35.4 Å². The van der Waals surface area contributed by atoms with Crippen molar-refractivity contribution in [1.82, 2.24) is 0 Å². The van der Waals surface area contributed by atoms with E-state index in [1.807, 2.05) is 0 Å². The molecule has 0 aromatic heterocycles. The van der Waals surface area contributed by atoms with Gasteiger partial charge in [0.05, 0.1) is 0 Å². The quantitative estimate of drug-likeness (QED) is 0.776. The van der Waals surface area contributed by atoms with Gasteiger partial charge in [-0.3, -0.25) is 0 Å². The van der Waals surface area contributed by atoms with E-state index in [0.29, 0.717) is 6.54 Å². The standard InChI is InChI=1S/C11H15N.ClH/c1-8-10(7-12)3-2-4-11(8)9-5-6-9;/h2-4,9H,5-7,12H2,1H3;1H. The Morgan fingerprint density at radius 1 is 1.38 bits per heavy atom. The van der Waals surface area contributed by atoms with Gasteiger partial charge in [0.1, 0.15) is 0 Å². The second-order valence-electron chi connectivity index (χ2n) is 3.61. The van der Waals surface area contributed by atoms with Gasteiger partial charge in [0.25, 0.3) is 0 Å². The molecule has 0 unspecified atom stereocenters. The molecule has 0 heterocycles. The zero-order valence-electron chi connectivity index (χ0n) is 7.92. The molecule has 1 aromatic rings. The van der Waals surface area contributed by atoms with Gasteiger partial charge < -0.3 is 5.73 Å². The molecule has 2 N–H and O–H groups in total. The Bertz CT molecular complexity index is 292. The monoisotopic (exact) mass is 197 g/mol. The van der Waals surface area contributed by atoms with Gasteiger partial charge >= 0.3 is 0 Å². The second-order valence-corrected chi connectivity index (χ2v) is 3.61. The third-order valence-electron chi connectivity index (χ3n) is 2.72. The predicted octanol–water partition coefficient (Wildman–Crippen LogP) is 2.75. The van der Waals surface area contributed by atoms with Crippen molar-refractivity contribution in [3.8, 4) is 0 Å². The number of benzene rings is 1. The lowest BCUT2D eigenvalue weighted by atomic mass is 9.99. The van der Waals surface area contributed by atoms with Crippen LogP contribution >= 0.6 is 12.4 Å². The zero-order valence-corrected chi connectivity index (χ0v) is 8.73. The van der Waals surface area contributed by atoms with Crippen molar-refractivity contribution in [3.63, 3.8) is 0 Å². The van der Waals surface area contributed by atoms with Crippen molar-refractivity contribution in [2.45, 2.75) is 32.2 Å². The number of hydrogen-bond donors (Lipinski definition) is 1. The lowest BCUT2D eigenvalue weighted by Gasteiger charge is -2.08. The van der Waals surface area contributed by atoms with Crippen molar-refractivity contribution >= 4 is 12.4 Å². The van der Waals surface area contributed by atoms with E-state index in [0.717, 1.165) is 5.92 Å². The average molecular weight is 198 g/mol. The molecule has 2 rings (SSSR count). The smallest absolute Gasteiger partial charge is 0.0180 e. The highest BCUT2D eigenvalue weighted by molar-refractivity contribution is 5.85. The minimum atomic E-state index is 0. The Labute approximate surface area is 85.7 Å². The lowest BCUT2D eigenvalue weighted by molar-refractivity contribution is 1.01. The highest BCUT2D eigenvalue weighted by Gasteiger charge is 2.25. The third-order valence-corrected chi connectivity index (χ3v) is 2.72. The fourth-order valence-corrected chi connectivity index (χ4v) is 1.76. The predicted molar refractivity (Wildman–Crippen MR) is 58.3 cm³/mol. The summed E-state index contributed by atoms with van der Waals surface area (Å²) in [5.41, 5.74) is 9.89. The molecule has 1 aromatic carbocycles. The number of rotatable bonds is 2. The molecular weight excluding hydrogens is 182 g/mol. The van der Waals surface area contributed by atoms with Crippen LogP contribution < -0.4 is 5.73 Å². The van der Waals surface area contributed by atoms with Gasteiger partial charge in [-0.1, -0.05) is 18.2 Å². The van der Waals surface area contributed by atoms with Gasteiger partial charge in [-0.25, -0.2) is 0 Å². The Morgan fingerprint density at radius 2 is 2.08 bits per heavy atom. The summed E-state index contributed by atoms with van der Waals surface area (Å²) >= 11 is 0. The van der Waals surface area contributed by atoms with E-state index in [4.69, 9.17) is 5.73 Å².